The fourth-order valence-electron chi connectivity index (χ4n) is 2.58. The molecule has 8 nitrogen and oxygen atoms in total. The number of unbranched alkanes of at least 4 members (excludes halogenated alkanes) is 4. The van der Waals surface area contributed by atoms with Gasteiger partial charge in [-0.2, -0.15) is 0 Å². The van der Waals surface area contributed by atoms with Gasteiger partial charge in [-0.3, -0.25) is 19.1 Å². The van der Waals surface area contributed by atoms with Crippen LogP contribution in [-0.2, 0) is 19.0 Å². The van der Waals surface area contributed by atoms with Gasteiger partial charge in [0.2, 0.25) is 0 Å². The van der Waals surface area contributed by atoms with Gasteiger partial charge in [0.05, 0.1) is 6.61 Å². The molecule has 1 aliphatic heterocycles. The Balaban J connectivity index is 1.74. The quantitative estimate of drug-likeness (QED) is 0.534. The van der Waals surface area contributed by atoms with Crippen LogP contribution in [0.25, 0.3) is 0 Å². The summed E-state index contributed by atoms with van der Waals surface area (Å²) in [5.74, 6) is -0.274. The summed E-state index contributed by atoms with van der Waals surface area (Å²) in [6.07, 6.45) is 5.78. The lowest BCUT2D eigenvalue weighted by atomic mass is 10.1. The lowest BCUT2D eigenvalue weighted by Crippen LogP contribution is -2.34. The molecule has 2 heterocycles. The van der Waals surface area contributed by atoms with Gasteiger partial charge in [0.15, 0.2) is 12.5 Å². The Morgan fingerprint density at radius 2 is 2.08 bits per heavy atom. The first kappa shape index (κ1) is 19.4. The summed E-state index contributed by atoms with van der Waals surface area (Å²) in [4.78, 5) is 37.1. The van der Waals surface area contributed by atoms with E-state index in [1.165, 1.54) is 23.6 Å². The van der Waals surface area contributed by atoms with E-state index in [9.17, 15) is 14.4 Å². The first-order valence-electron chi connectivity index (χ1n) is 8.76. The van der Waals surface area contributed by atoms with Crippen LogP contribution in [-0.4, -0.2) is 35.0 Å². The predicted octanol–water partition coefficient (Wildman–Crippen LogP) is 1.62. The highest BCUT2D eigenvalue weighted by atomic mass is 16.7. The molecule has 1 fully saturated rings. The zero-order valence-corrected chi connectivity index (χ0v) is 14.8. The number of aromatic amines is 1. The molecule has 2 rings (SSSR count). The molecule has 0 radical (unpaired) electrons. The minimum absolute atomic E-state index is 0.0125. The molecule has 0 spiro atoms. The summed E-state index contributed by atoms with van der Waals surface area (Å²) in [6.45, 7) is 3.88. The molecule has 1 aliphatic rings. The highest BCUT2D eigenvalue weighted by Crippen LogP contribution is 2.19. The van der Waals surface area contributed by atoms with Gasteiger partial charge in [-0.25, -0.2) is 4.79 Å². The molecule has 8 heteroatoms. The number of aryl methyl sites for hydroxylation is 1. The second kappa shape index (κ2) is 9.53. The van der Waals surface area contributed by atoms with Crippen LogP contribution in [0.3, 0.4) is 0 Å². The Bertz CT molecular complexity index is 680. The van der Waals surface area contributed by atoms with E-state index in [2.05, 4.69) is 11.9 Å². The van der Waals surface area contributed by atoms with Crippen molar-refractivity contribution in [3.63, 3.8) is 0 Å². The van der Waals surface area contributed by atoms with Gasteiger partial charge < -0.3 is 14.2 Å². The molecule has 140 valence electrons. The number of nitrogens with zero attached hydrogens (tertiary/aromatic N) is 1. The first-order chi connectivity index (χ1) is 12.0. The molecule has 1 aromatic heterocycles. The number of ether oxygens (including phenoxy) is 3. The van der Waals surface area contributed by atoms with E-state index in [-0.39, 0.29) is 19.2 Å². The maximum absolute atomic E-state index is 11.8. The Morgan fingerprint density at radius 1 is 1.32 bits per heavy atom. The number of hydrogen-bond donors (Lipinski definition) is 1. The maximum atomic E-state index is 11.8. The fourth-order valence-corrected chi connectivity index (χ4v) is 2.58. The molecular formula is C17H26N2O6. The zero-order chi connectivity index (χ0) is 18.2. The van der Waals surface area contributed by atoms with Gasteiger partial charge in [-0.05, 0) is 13.3 Å². The summed E-state index contributed by atoms with van der Waals surface area (Å²) in [7, 11) is 0. The standard InChI is InChI=1S/C17H26N2O6/c1-3-4-5-6-7-8-14(20)23-11-15-24-10-13(25-15)19-9-12(2)16(21)18-17(19)22/h9,13,15H,3-8,10-11H2,1-2H3,(H,18,21,22). The second-order valence-electron chi connectivity index (χ2n) is 6.18. The van der Waals surface area contributed by atoms with Crippen LogP contribution in [0.15, 0.2) is 15.8 Å². The van der Waals surface area contributed by atoms with E-state index < -0.39 is 23.8 Å². The van der Waals surface area contributed by atoms with Crippen LogP contribution in [0.2, 0.25) is 0 Å². The van der Waals surface area contributed by atoms with Crippen molar-refractivity contribution in [1.82, 2.24) is 9.55 Å². The summed E-state index contributed by atoms with van der Waals surface area (Å²) >= 11 is 0. The van der Waals surface area contributed by atoms with Crippen molar-refractivity contribution in [2.45, 2.75) is 64.9 Å². The van der Waals surface area contributed by atoms with Crippen molar-refractivity contribution in [3.05, 3.63) is 32.6 Å². The van der Waals surface area contributed by atoms with E-state index in [4.69, 9.17) is 14.2 Å². The summed E-state index contributed by atoms with van der Waals surface area (Å²) in [6, 6.07) is 0. The van der Waals surface area contributed by atoms with Crippen molar-refractivity contribution < 1.29 is 19.0 Å². The highest BCUT2D eigenvalue weighted by molar-refractivity contribution is 5.69. The van der Waals surface area contributed by atoms with Crippen molar-refractivity contribution >= 4 is 5.97 Å². The molecular weight excluding hydrogens is 328 g/mol. The number of carbonyl (C=O) groups is 1. The SMILES string of the molecule is CCCCCCCC(=O)OCC1OCC(n2cc(C)c(=O)[nH]c2=O)O1. The average Bonchev–Trinajstić information content (AvgIpc) is 3.05. The molecule has 0 aliphatic carbocycles. The van der Waals surface area contributed by atoms with Crippen LogP contribution >= 0.6 is 0 Å². The highest BCUT2D eigenvalue weighted by Gasteiger charge is 2.29. The van der Waals surface area contributed by atoms with Crippen LogP contribution in [0.4, 0.5) is 0 Å². The minimum atomic E-state index is -0.715. The van der Waals surface area contributed by atoms with E-state index >= 15 is 0 Å². The van der Waals surface area contributed by atoms with Crippen LogP contribution < -0.4 is 11.2 Å². The Labute approximate surface area is 146 Å². The van der Waals surface area contributed by atoms with E-state index in [0.717, 1.165) is 19.3 Å². The van der Waals surface area contributed by atoms with Gasteiger partial charge in [0, 0.05) is 18.2 Å². The zero-order valence-electron chi connectivity index (χ0n) is 14.8. The van der Waals surface area contributed by atoms with E-state index in [0.29, 0.717) is 12.0 Å². The number of nitrogens with one attached hydrogen (secondary N) is 1. The third kappa shape index (κ3) is 5.82. The van der Waals surface area contributed by atoms with Gasteiger partial charge in [0.1, 0.15) is 6.61 Å². The monoisotopic (exact) mass is 354 g/mol. The van der Waals surface area contributed by atoms with Gasteiger partial charge >= 0.3 is 11.7 Å². The smallest absolute Gasteiger partial charge is 0.330 e. The largest absolute Gasteiger partial charge is 0.460 e. The molecule has 0 bridgehead atoms. The van der Waals surface area contributed by atoms with Gasteiger partial charge in [-0.1, -0.05) is 32.6 Å². The van der Waals surface area contributed by atoms with Crippen molar-refractivity contribution in [2.75, 3.05) is 13.2 Å². The first-order valence-corrected chi connectivity index (χ1v) is 8.76. The number of H-pyrrole nitrogens is 1. The van der Waals surface area contributed by atoms with Crippen molar-refractivity contribution in [2.24, 2.45) is 0 Å². The molecule has 2 unspecified atom stereocenters. The molecule has 1 saturated heterocycles. The summed E-state index contributed by atoms with van der Waals surface area (Å²) in [5.41, 5.74) is -0.584. The van der Waals surface area contributed by atoms with Crippen molar-refractivity contribution in [1.29, 1.82) is 0 Å². The lowest BCUT2D eigenvalue weighted by molar-refractivity contribution is -0.159. The van der Waals surface area contributed by atoms with Crippen molar-refractivity contribution in [3.8, 4) is 0 Å². The van der Waals surface area contributed by atoms with Crippen LogP contribution in [0.1, 0.15) is 57.2 Å². The molecule has 25 heavy (non-hydrogen) atoms. The molecule has 1 aromatic rings. The van der Waals surface area contributed by atoms with E-state index in [1.54, 1.807) is 6.92 Å². The average molecular weight is 354 g/mol. The predicted molar refractivity (Wildman–Crippen MR) is 90.3 cm³/mol. The molecule has 0 saturated carbocycles. The fraction of sp³-hybridized carbons (Fsp3) is 0.706. The molecule has 0 amide bonds. The number of rotatable bonds is 9. The normalized spacial score (nSPS) is 19.9. The third-order valence-electron chi connectivity index (χ3n) is 4.05. The molecule has 1 N–H and O–H groups in total. The topological polar surface area (TPSA) is 99.6 Å². The lowest BCUT2D eigenvalue weighted by Gasteiger charge is -2.14. The summed E-state index contributed by atoms with van der Waals surface area (Å²) in [5, 5.41) is 0. The number of carbonyl (C=O) groups excluding carboxylic acids is 1. The minimum Gasteiger partial charge on any atom is -0.460 e. The van der Waals surface area contributed by atoms with Gasteiger partial charge in [0.25, 0.3) is 5.56 Å². The number of esters is 1. The van der Waals surface area contributed by atoms with E-state index in [1.807, 2.05) is 0 Å². The second-order valence-corrected chi connectivity index (χ2v) is 6.18. The summed E-state index contributed by atoms with van der Waals surface area (Å²) < 4.78 is 17.4. The Kier molecular flexibility index (Phi) is 7.39. The van der Waals surface area contributed by atoms with Gasteiger partial charge in [-0.15, -0.1) is 0 Å². The Hall–Kier alpha value is -1.93. The molecule has 0 aromatic carbocycles. The van der Waals surface area contributed by atoms with Crippen LogP contribution in [0.5, 0.6) is 0 Å². The van der Waals surface area contributed by atoms with Crippen LogP contribution in [0, 0.1) is 6.92 Å². The molecule has 2 atom stereocenters. The maximum Gasteiger partial charge on any atom is 0.330 e. The number of aromatic nitrogens is 2. The Morgan fingerprint density at radius 3 is 2.84 bits per heavy atom. The number of hydrogen-bond acceptors (Lipinski definition) is 6. The third-order valence-corrected chi connectivity index (χ3v) is 4.05.